The van der Waals surface area contributed by atoms with E-state index in [0.29, 0.717) is 5.39 Å². The first-order valence-corrected chi connectivity index (χ1v) is 8.06. The Kier molecular flexibility index (Phi) is 3.83. The van der Waals surface area contributed by atoms with Crippen molar-refractivity contribution in [2.75, 3.05) is 23.7 Å². The maximum Gasteiger partial charge on any atom is 0.354 e. The first-order valence-electron chi connectivity index (χ1n) is 8.06. The molecule has 0 amide bonds. The molecule has 0 aliphatic heterocycles. The number of carbonyl (C=O) groups is 1. The molecule has 24 heavy (non-hydrogen) atoms. The van der Waals surface area contributed by atoms with E-state index in [2.05, 4.69) is 35.9 Å². The second kappa shape index (κ2) is 5.70. The SMILES string of the molecule is CCN(CC)c1cc(C)c2ncc3c(N)c(C(=O)O)n(C)c3c2c1. The number of aromatic carboxylic acids is 1. The lowest BCUT2D eigenvalue weighted by Gasteiger charge is -2.22. The van der Waals surface area contributed by atoms with E-state index in [1.165, 1.54) is 0 Å². The highest BCUT2D eigenvalue weighted by atomic mass is 16.4. The number of hydrogen-bond donors (Lipinski definition) is 2. The summed E-state index contributed by atoms with van der Waals surface area (Å²) in [6.45, 7) is 8.06. The van der Waals surface area contributed by atoms with Gasteiger partial charge in [0.15, 0.2) is 5.69 Å². The highest BCUT2D eigenvalue weighted by Gasteiger charge is 2.21. The molecule has 0 unspecified atom stereocenters. The Hall–Kier alpha value is -2.76. The molecule has 0 aliphatic carbocycles. The van der Waals surface area contributed by atoms with Crippen LogP contribution in [0.1, 0.15) is 29.9 Å². The smallest absolute Gasteiger partial charge is 0.354 e. The van der Waals surface area contributed by atoms with Crippen LogP contribution in [0.4, 0.5) is 11.4 Å². The summed E-state index contributed by atoms with van der Waals surface area (Å²) in [7, 11) is 1.74. The van der Waals surface area contributed by atoms with E-state index in [1.54, 1.807) is 17.8 Å². The van der Waals surface area contributed by atoms with Gasteiger partial charge in [0.1, 0.15) is 0 Å². The van der Waals surface area contributed by atoms with Crippen molar-refractivity contribution in [2.24, 2.45) is 7.05 Å². The lowest BCUT2D eigenvalue weighted by atomic mass is 10.1. The first kappa shape index (κ1) is 16.1. The number of nitrogens with two attached hydrogens (primary N) is 1. The van der Waals surface area contributed by atoms with Crippen LogP contribution in [0.15, 0.2) is 18.3 Å². The van der Waals surface area contributed by atoms with E-state index in [1.807, 2.05) is 6.92 Å². The third-order valence-corrected chi connectivity index (χ3v) is 4.67. The number of benzene rings is 1. The van der Waals surface area contributed by atoms with E-state index in [-0.39, 0.29) is 11.4 Å². The van der Waals surface area contributed by atoms with Crippen molar-refractivity contribution in [3.8, 4) is 0 Å². The van der Waals surface area contributed by atoms with Crippen molar-refractivity contribution in [2.45, 2.75) is 20.8 Å². The van der Waals surface area contributed by atoms with Gasteiger partial charge in [-0.3, -0.25) is 4.98 Å². The predicted octanol–water partition coefficient (Wildman–Crippen LogP) is 3.16. The summed E-state index contributed by atoms with van der Waals surface area (Å²) < 4.78 is 1.66. The van der Waals surface area contributed by atoms with E-state index >= 15 is 0 Å². The minimum Gasteiger partial charge on any atom is -0.477 e. The molecule has 0 spiro atoms. The summed E-state index contributed by atoms with van der Waals surface area (Å²) in [6.07, 6.45) is 1.67. The largest absolute Gasteiger partial charge is 0.477 e. The van der Waals surface area contributed by atoms with E-state index in [4.69, 9.17) is 5.73 Å². The summed E-state index contributed by atoms with van der Waals surface area (Å²) in [5.74, 6) is -1.03. The highest BCUT2D eigenvalue weighted by molar-refractivity contribution is 6.14. The summed E-state index contributed by atoms with van der Waals surface area (Å²) >= 11 is 0. The molecule has 0 fully saturated rings. The highest BCUT2D eigenvalue weighted by Crippen LogP contribution is 2.35. The zero-order chi connectivity index (χ0) is 17.6. The molecule has 0 radical (unpaired) electrons. The molecule has 0 saturated carbocycles. The van der Waals surface area contributed by atoms with E-state index in [0.717, 1.165) is 40.8 Å². The van der Waals surface area contributed by atoms with Crippen molar-refractivity contribution in [3.63, 3.8) is 0 Å². The Balaban J connectivity index is 2.45. The third kappa shape index (κ3) is 2.18. The summed E-state index contributed by atoms with van der Waals surface area (Å²) in [4.78, 5) is 18.3. The Morgan fingerprint density at radius 1 is 1.29 bits per heavy atom. The van der Waals surface area contributed by atoms with Gasteiger partial charge in [-0.2, -0.15) is 0 Å². The van der Waals surface area contributed by atoms with E-state index in [9.17, 15) is 9.90 Å². The molecule has 0 saturated heterocycles. The van der Waals surface area contributed by atoms with Crippen LogP contribution in [0.25, 0.3) is 21.8 Å². The molecule has 1 aromatic carbocycles. The van der Waals surface area contributed by atoms with Gasteiger partial charge in [-0.05, 0) is 38.5 Å². The van der Waals surface area contributed by atoms with Crippen LogP contribution in [-0.4, -0.2) is 33.7 Å². The van der Waals surface area contributed by atoms with Gasteiger partial charge in [-0.25, -0.2) is 4.79 Å². The van der Waals surface area contributed by atoms with Gasteiger partial charge in [0.25, 0.3) is 0 Å². The lowest BCUT2D eigenvalue weighted by Crippen LogP contribution is -2.21. The van der Waals surface area contributed by atoms with Gasteiger partial charge in [-0.15, -0.1) is 0 Å². The number of pyridine rings is 1. The zero-order valence-electron chi connectivity index (χ0n) is 14.4. The average molecular weight is 326 g/mol. The minimum atomic E-state index is -1.03. The zero-order valence-corrected chi connectivity index (χ0v) is 14.4. The van der Waals surface area contributed by atoms with Crippen molar-refractivity contribution in [3.05, 3.63) is 29.6 Å². The van der Waals surface area contributed by atoms with Gasteiger partial charge < -0.3 is 20.3 Å². The fraction of sp³-hybridized carbons (Fsp3) is 0.333. The molecular weight excluding hydrogens is 304 g/mol. The van der Waals surface area contributed by atoms with Gasteiger partial charge in [0.2, 0.25) is 0 Å². The quantitative estimate of drug-likeness (QED) is 0.769. The van der Waals surface area contributed by atoms with Gasteiger partial charge in [0, 0.05) is 42.8 Å². The maximum atomic E-state index is 11.6. The molecule has 3 aromatic rings. The van der Waals surface area contributed by atoms with Crippen molar-refractivity contribution in [1.29, 1.82) is 0 Å². The Morgan fingerprint density at radius 2 is 1.96 bits per heavy atom. The molecule has 6 nitrogen and oxygen atoms in total. The van der Waals surface area contributed by atoms with Crippen LogP contribution in [0.2, 0.25) is 0 Å². The topological polar surface area (TPSA) is 84.4 Å². The second-order valence-corrected chi connectivity index (χ2v) is 5.98. The molecule has 126 valence electrons. The standard InChI is InChI=1S/C18H22N4O2/c1-5-22(6-2)11-7-10(3)15-12(8-11)16-13(9-20-15)14(19)17(18(23)24)21(16)4/h7-9H,5-6,19H2,1-4H3,(H,23,24). The number of carboxylic acids is 1. The molecule has 6 heteroatoms. The number of rotatable bonds is 4. The van der Waals surface area contributed by atoms with Crippen molar-refractivity contribution >= 4 is 39.1 Å². The van der Waals surface area contributed by atoms with Gasteiger partial charge in [-0.1, -0.05) is 0 Å². The number of anilines is 2. The monoisotopic (exact) mass is 326 g/mol. The number of nitrogen functional groups attached to an aromatic ring is 1. The molecule has 0 atom stereocenters. The Morgan fingerprint density at radius 3 is 2.54 bits per heavy atom. The Labute approximate surface area is 140 Å². The van der Waals surface area contributed by atoms with Crippen LogP contribution in [-0.2, 0) is 7.05 Å². The van der Waals surface area contributed by atoms with Crippen molar-refractivity contribution < 1.29 is 9.90 Å². The van der Waals surface area contributed by atoms with Crippen LogP contribution in [0.3, 0.4) is 0 Å². The number of aromatic nitrogens is 2. The first-order chi connectivity index (χ1) is 11.4. The van der Waals surface area contributed by atoms with E-state index < -0.39 is 5.97 Å². The molecule has 0 bridgehead atoms. The molecule has 0 aliphatic rings. The number of hydrogen-bond acceptors (Lipinski definition) is 4. The molecule has 2 heterocycles. The molecular formula is C18H22N4O2. The van der Waals surface area contributed by atoms with Gasteiger partial charge in [0.05, 0.1) is 16.7 Å². The predicted molar refractivity (Wildman–Crippen MR) is 97.9 cm³/mol. The fourth-order valence-corrected chi connectivity index (χ4v) is 3.46. The summed E-state index contributed by atoms with van der Waals surface area (Å²) in [5.41, 5.74) is 10.3. The summed E-state index contributed by atoms with van der Waals surface area (Å²) in [5, 5.41) is 11.1. The number of nitrogens with zero attached hydrogens (tertiary/aromatic N) is 3. The minimum absolute atomic E-state index is 0.102. The van der Waals surface area contributed by atoms with Crippen LogP contribution in [0, 0.1) is 6.92 Å². The second-order valence-electron chi connectivity index (χ2n) is 5.98. The van der Waals surface area contributed by atoms with Crippen LogP contribution < -0.4 is 10.6 Å². The van der Waals surface area contributed by atoms with Crippen LogP contribution in [0.5, 0.6) is 0 Å². The van der Waals surface area contributed by atoms with Crippen LogP contribution >= 0.6 is 0 Å². The molecule has 3 N–H and O–H groups in total. The number of fused-ring (bicyclic) bond motifs is 3. The summed E-state index contributed by atoms with van der Waals surface area (Å²) in [6, 6.07) is 4.20. The number of carboxylic acid groups (broad SMARTS) is 1. The lowest BCUT2D eigenvalue weighted by molar-refractivity contribution is 0.0688. The van der Waals surface area contributed by atoms with Crippen molar-refractivity contribution in [1.82, 2.24) is 9.55 Å². The average Bonchev–Trinajstić information content (AvgIpc) is 2.80. The Bertz CT molecular complexity index is 955. The molecule has 3 rings (SSSR count). The normalized spacial score (nSPS) is 11.3. The molecule has 2 aromatic heterocycles. The maximum absolute atomic E-state index is 11.6. The van der Waals surface area contributed by atoms with Gasteiger partial charge >= 0.3 is 5.97 Å². The third-order valence-electron chi connectivity index (χ3n) is 4.67. The fourth-order valence-electron chi connectivity index (χ4n) is 3.46. The number of aryl methyl sites for hydroxylation is 2.